The zero-order valence-electron chi connectivity index (χ0n) is 19.7. The highest BCUT2D eigenvalue weighted by molar-refractivity contribution is 7.12. The molecule has 0 fully saturated rings. The van der Waals surface area contributed by atoms with Crippen LogP contribution in [-0.2, 0) is 37.3 Å². The third kappa shape index (κ3) is 4.40. The third-order valence-corrected chi connectivity index (χ3v) is 8.01. The Morgan fingerprint density at radius 3 is 2.97 bits per heavy atom. The molecule has 0 unspecified atom stereocenters. The van der Waals surface area contributed by atoms with Crippen molar-refractivity contribution >= 4 is 23.1 Å². The summed E-state index contributed by atoms with van der Waals surface area (Å²) >= 11 is 1.74. The maximum atomic E-state index is 13.4. The van der Waals surface area contributed by atoms with Gasteiger partial charge in [0.25, 0.3) is 5.56 Å². The molecule has 0 saturated carbocycles. The van der Waals surface area contributed by atoms with Crippen LogP contribution in [0.4, 0.5) is 5.82 Å². The van der Waals surface area contributed by atoms with E-state index in [-0.39, 0.29) is 17.5 Å². The van der Waals surface area contributed by atoms with Crippen LogP contribution < -0.4 is 21.5 Å². The SMILES string of the molecule is CCc1cccc([C@@H](CC)Nc2ncc3n(c2=O)[C@H](C(=O)NCc2cc4c(s2)CNC4)CC3)c1. The van der Waals surface area contributed by atoms with Crippen LogP contribution in [0.1, 0.15) is 70.9 Å². The van der Waals surface area contributed by atoms with Gasteiger partial charge in [-0.05, 0) is 48.4 Å². The summed E-state index contributed by atoms with van der Waals surface area (Å²) in [6.07, 6.45) is 4.82. The average Bonchev–Trinajstić information content (AvgIpc) is 3.57. The Kier molecular flexibility index (Phi) is 6.52. The molecule has 5 rings (SSSR count). The number of carbonyl (C=O) groups excluding carboxylic acids is 1. The van der Waals surface area contributed by atoms with E-state index in [4.69, 9.17) is 0 Å². The number of amides is 1. The molecule has 178 valence electrons. The predicted molar refractivity (Wildman–Crippen MR) is 135 cm³/mol. The lowest BCUT2D eigenvalue weighted by atomic mass is 10.0. The largest absolute Gasteiger partial charge is 0.359 e. The Labute approximate surface area is 203 Å². The summed E-state index contributed by atoms with van der Waals surface area (Å²) in [5.74, 6) is 0.201. The van der Waals surface area contributed by atoms with Gasteiger partial charge in [0.2, 0.25) is 5.91 Å². The van der Waals surface area contributed by atoms with Gasteiger partial charge < -0.3 is 16.0 Å². The van der Waals surface area contributed by atoms with Gasteiger partial charge in [0.15, 0.2) is 5.82 Å². The molecule has 2 aliphatic rings. The fraction of sp³-hybridized carbons (Fsp3) is 0.423. The zero-order valence-corrected chi connectivity index (χ0v) is 20.5. The van der Waals surface area contributed by atoms with Crippen LogP contribution >= 0.6 is 11.3 Å². The number of benzene rings is 1. The number of hydrogen-bond acceptors (Lipinski definition) is 6. The number of aryl methyl sites for hydroxylation is 2. The van der Waals surface area contributed by atoms with Gasteiger partial charge in [-0.3, -0.25) is 14.2 Å². The van der Waals surface area contributed by atoms with Crippen molar-refractivity contribution in [1.82, 2.24) is 20.2 Å². The van der Waals surface area contributed by atoms with Gasteiger partial charge in [0.1, 0.15) is 6.04 Å². The van der Waals surface area contributed by atoms with Crippen LogP contribution in [0.3, 0.4) is 0 Å². The minimum Gasteiger partial charge on any atom is -0.359 e. The first kappa shape index (κ1) is 22.8. The molecule has 4 heterocycles. The van der Waals surface area contributed by atoms with Crippen molar-refractivity contribution in [1.29, 1.82) is 0 Å². The number of aromatic nitrogens is 2. The smallest absolute Gasteiger partial charge is 0.294 e. The molecule has 0 spiro atoms. The molecule has 8 heteroatoms. The minimum absolute atomic E-state index is 0.0192. The van der Waals surface area contributed by atoms with E-state index in [2.05, 4.69) is 65.1 Å². The maximum absolute atomic E-state index is 13.4. The summed E-state index contributed by atoms with van der Waals surface area (Å²) in [6.45, 7) is 6.53. The van der Waals surface area contributed by atoms with E-state index in [0.29, 0.717) is 25.2 Å². The second-order valence-corrected chi connectivity index (χ2v) is 10.2. The lowest BCUT2D eigenvalue weighted by Gasteiger charge is -2.20. The molecule has 2 atom stereocenters. The van der Waals surface area contributed by atoms with E-state index in [0.717, 1.165) is 42.1 Å². The predicted octanol–water partition coefficient (Wildman–Crippen LogP) is 3.84. The van der Waals surface area contributed by atoms with Crippen molar-refractivity contribution in [3.63, 3.8) is 0 Å². The normalized spacial score (nSPS) is 17.3. The van der Waals surface area contributed by atoms with Gasteiger partial charge in [-0.25, -0.2) is 4.98 Å². The molecule has 1 amide bonds. The Balaban J connectivity index is 1.32. The second-order valence-electron chi connectivity index (χ2n) is 9.01. The fourth-order valence-electron chi connectivity index (χ4n) is 4.92. The highest BCUT2D eigenvalue weighted by Crippen LogP contribution is 2.28. The van der Waals surface area contributed by atoms with E-state index < -0.39 is 6.04 Å². The van der Waals surface area contributed by atoms with E-state index in [1.54, 1.807) is 22.1 Å². The standard InChI is InChI=1S/C26H31N5O2S/c1-3-16-6-5-7-17(10-16)21(4-2)30-24-26(33)31-19(13-28-24)8-9-22(31)25(32)29-14-20-11-18-12-27-15-23(18)34-20/h5-7,10-11,13,21-22,27H,3-4,8-9,12,14-15H2,1-2H3,(H,28,30)(H,29,32)/t21-,22+/m1/s1. The first-order chi connectivity index (χ1) is 16.6. The van der Waals surface area contributed by atoms with Crippen molar-refractivity contribution < 1.29 is 4.79 Å². The molecule has 3 N–H and O–H groups in total. The summed E-state index contributed by atoms with van der Waals surface area (Å²) in [4.78, 5) is 33.4. The molecule has 2 aliphatic heterocycles. The van der Waals surface area contributed by atoms with Gasteiger partial charge in [-0.2, -0.15) is 0 Å². The number of rotatable bonds is 8. The molecule has 7 nitrogen and oxygen atoms in total. The summed E-state index contributed by atoms with van der Waals surface area (Å²) in [5, 5.41) is 9.75. The number of thiophene rings is 1. The minimum atomic E-state index is -0.497. The van der Waals surface area contributed by atoms with E-state index in [1.165, 1.54) is 16.0 Å². The second kappa shape index (κ2) is 9.72. The van der Waals surface area contributed by atoms with E-state index in [1.807, 2.05) is 0 Å². The summed E-state index contributed by atoms with van der Waals surface area (Å²) < 4.78 is 1.64. The van der Waals surface area contributed by atoms with Gasteiger partial charge in [0.05, 0.1) is 12.6 Å². The van der Waals surface area contributed by atoms with Gasteiger partial charge in [0, 0.05) is 34.7 Å². The van der Waals surface area contributed by atoms with Crippen molar-refractivity contribution in [2.75, 3.05) is 5.32 Å². The Morgan fingerprint density at radius 2 is 2.18 bits per heavy atom. The number of anilines is 1. The first-order valence-electron chi connectivity index (χ1n) is 12.1. The fourth-order valence-corrected chi connectivity index (χ4v) is 6.02. The Hall–Kier alpha value is -2.97. The topological polar surface area (TPSA) is 88.0 Å². The van der Waals surface area contributed by atoms with E-state index >= 15 is 0 Å². The summed E-state index contributed by atoms with van der Waals surface area (Å²) in [6, 6.07) is 10.1. The summed E-state index contributed by atoms with van der Waals surface area (Å²) in [7, 11) is 0. The molecular formula is C26H31N5O2S. The monoisotopic (exact) mass is 477 g/mol. The highest BCUT2D eigenvalue weighted by Gasteiger charge is 2.31. The highest BCUT2D eigenvalue weighted by atomic mass is 32.1. The third-order valence-electron chi connectivity index (χ3n) is 6.83. The lowest BCUT2D eigenvalue weighted by molar-refractivity contribution is -0.124. The van der Waals surface area contributed by atoms with Crippen molar-refractivity contribution in [2.24, 2.45) is 0 Å². The number of nitrogens with zero attached hydrogens (tertiary/aromatic N) is 2. The van der Waals surface area contributed by atoms with E-state index in [9.17, 15) is 9.59 Å². The average molecular weight is 478 g/mol. The number of nitrogens with one attached hydrogen (secondary N) is 3. The molecule has 2 aromatic heterocycles. The van der Waals surface area contributed by atoms with Crippen LogP contribution in [0, 0.1) is 0 Å². The molecule has 0 radical (unpaired) electrons. The van der Waals surface area contributed by atoms with Gasteiger partial charge in [-0.1, -0.05) is 38.1 Å². The van der Waals surface area contributed by atoms with Crippen LogP contribution in [0.5, 0.6) is 0 Å². The Bertz CT molecular complexity index is 1240. The molecular weight excluding hydrogens is 446 g/mol. The maximum Gasteiger partial charge on any atom is 0.294 e. The lowest BCUT2D eigenvalue weighted by Crippen LogP contribution is -2.36. The number of carbonyl (C=O) groups is 1. The molecule has 1 aromatic carbocycles. The molecule has 0 aliphatic carbocycles. The summed E-state index contributed by atoms with van der Waals surface area (Å²) in [5.41, 5.74) is 4.33. The van der Waals surface area contributed by atoms with Crippen LogP contribution in [0.25, 0.3) is 0 Å². The number of fused-ring (bicyclic) bond motifs is 2. The molecule has 0 bridgehead atoms. The Morgan fingerprint density at radius 1 is 1.29 bits per heavy atom. The number of hydrogen-bond donors (Lipinski definition) is 3. The van der Waals surface area contributed by atoms with Crippen LogP contribution in [-0.4, -0.2) is 15.5 Å². The molecule has 0 saturated heterocycles. The van der Waals surface area contributed by atoms with Gasteiger partial charge in [-0.15, -0.1) is 11.3 Å². The van der Waals surface area contributed by atoms with Gasteiger partial charge >= 0.3 is 0 Å². The van der Waals surface area contributed by atoms with Crippen molar-refractivity contribution in [3.05, 3.63) is 79.0 Å². The quantitative estimate of drug-likeness (QED) is 0.459. The zero-order chi connectivity index (χ0) is 23.7. The molecule has 34 heavy (non-hydrogen) atoms. The molecule has 3 aromatic rings. The van der Waals surface area contributed by atoms with Crippen LogP contribution in [0.2, 0.25) is 0 Å². The van der Waals surface area contributed by atoms with Crippen molar-refractivity contribution in [2.45, 2.75) is 71.2 Å². The van der Waals surface area contributed by atoms with Crippen molar-refractivity contribution in [3.8, 4) is 0 Å². The van der Waals surface area contributed by atoms with Crippen LogP contribution in [0.15, 0.2) is 41.3 Å². The first-order valence-corrected chi connectivity index (χ1v) is 12.9.